The summed E-state index contributed by atoms with van der Waals surface area (Å²) in [5.41, 5.74) is 3.26. The summed E-state index contributed by atoms with van der Waals surface area (Å²) < 4.78 is 36.5. The van der Waals surface area contributed by atoms with Gasteiger partial charge in [0.2, 0.25) is 0 Å². The van der Waals surface area contributed by atoms with Gasteiger partial charge >= 0.3 is 0 Å². The maximum atomic E-state index is 6.43. The number of hydrogen-bond acceptors (Lipinski definition) is 6. The zero-order valence-corrected chi connectivity index (χ0v) is 20.3. The summed E-state index contributed by atoms with van der Waals surface area (Å²) in [6.45, 7) is 1.71. The van der Waals surface area contributed by atoms with Gasteiger partial charge in [-0.1, -0.05) is 91.0 Å². The van der Waals surface area contributed by atoms with Crippen molar-refractivity contribution < 1.29 is 28.4 Å². The average Bonchev–Trinajstić information content (AvgIpc) is 3.25. The molecule has 186 valence electrons. The van der Waals surface area contributed by atoms with Gasteiger partial charge < -0.3 is 28.4 Å². The first-order valence-electron chi connectivity index (χ1n) is 11.9. The van der Waals surface area contributed by atoms with E-state index in [0.29, 0.717) is 26.4 Å². The monoisotopic (exact) mass is 478 g/mol. The molecule has 1 heterocycles. The Labute approximate surface area is 207 Å². The lowest BCUT2D eigenvalue weighted by Gasteiger charge is -2.28. The van der Waals surface area contributed by atoms with Crippen molar-refractivity contribution in [2.24, 2.45) is 0 Å². The molecule has 6 nitrogen and oxygen atoms in total. The molecule has 0 saturated carbocycles. The molecule has 0 bridgehead atoms. The van der Waals surface area contributed by atoms with Crippen LogP contribution in [0.4, 0.5) is 0 Å². The highest BCUT2D eigenvalue weighted by Gasteiger charge is 2.50. The van der Waals surface area contributed by atoms with Crippen LogP contribution in [-0.2, 0) is 48.2 Å². The van der Waals surface area contributed by atoms with E-state index in [2.05, 4.69) is 0 Å². The smallest absolute Gasteiger partial charge is 0.185 e. The molecule has 0 aliphatic carbocycles. The summed E-state index contributed by atoms with van der Waals surface area (Å²) in [5, 5.41) is 0. The van der Waals surface area contributed by atoms with E-state index in [-0.39, 0.29) is 12.2 Å². The fourth-order valence-electron chi connectivity index (χ4n) is 4.27. The molecule has 0 spiro atoms. The molecule has 0 N–H and O–H groups in total. The Balaban J connectivity index is 1.50. The molecule has 0 amide bonds. The predicted octanol–water partition coefficient (Wildman–Crippen LogP) is 4.76. The van der Waals surface area contributed by atoms with Crippen LogP contribution in [-0.4, -0.2) is 51.5 Å². The molecule has 35 heavy (non-hydrogen) atoms. The molecule has 3 aromatic rings. The molecule has 1 saturated heterocycles. The fraction of sp³-hybridized carbons (Fsp3) is 0.379. The Morgan fingerprint density at radius 3 is 1.57 bits per heavy atom. The summed E-state index contributed by atoms with van der Waals surface area (Å²) in [6, 6.07) is 30.2. The van der Waals surface area contributed by atoms with Crippen molar-refractivity contribution in [3.63, 3.8) is 0 Å². The number of benzene rings is 3. The van der Waals surface area contributed by atoms with Gasteiger partial charge in [-0.05, 0) is 16.7 Å². The summed E-state index contributed by atoms with van der Waals surface area (Å²) in [7, 11) is 3.20. The minimum Gasteiger partial charge on any atom is -0.374 e. The first kappa shape index (κ1) is 25.5. The predicted molar refractivity (Wildman–Crippen MR) is 133 cm³/mol. The normalized spacial score (nSPS) is 22.0. The molecule has 4 rings (SSSR count). The minimum atomic E-state index is -0.599. The third-order valence-electron chi connectivity index (χ3n) is 6.04. The van der Waals surface area contributed by atoms with Gasteiger partial charge in [0, 0.05) is 14.2 Å². The standard InChI is InChI=1S/C29H34O6/c1-30-29(31-2)28-27(34-20-24-16-10-5-11-17-24)26(33-19-23-14-8-4-9-15-23)25(35-28)21-32-18-22-12-6-3-7-13-22/h3-17,25-29H,18-21H2,1-2H3/t25-,26-,27-,28?/m1/s1. The number of hydrogen-bond donors (Lipinski definition) is 0. The van der Waals surface area contributed by atoms with Crippen molar-refractivity contribution >= 4 is 0 Å². The molecule has 1 unspecified atom stereocenters. The lowest BCUT2D eigenvalue weighted by molar-refractivity contribution is -0.202. The quantitative estimate of drug-likeness (QED) is 0.330. The molecule has 0 radical (unpaired) electrons. The van der Waals surface area contributed by atoms with Gasteiger partial charge in [-0.3, -0.25) is 0 Å². The van der Waals surface area contributed by atoms with Crippen LogP contribution in [0.1, 0.15) is 16.7 Å². The number of ether oxygens (including phenoxy) is 6. The lowest BCUT2D eigenvalue weighted by atomic mass is 10.1. The second-order valence-corrected chi connectivity index (χ2v) is 8.50. The topological polar surface area (TPSA) is 55.4 Å². The molecule has 1 aliphatic rings. The van der Waals surface area contributed by atoms with E-state index in [9.17, 15) is 0 Å². The second-order valence-electron chi connectivity index (χ2n) is 8.50. The van der Waals surface area contributed by atoms with E-state index in [0.717, 1.165) is 16.7 Å². The highest BCUT2D eigenvalue weighted by Crippen LogP contribution is 2.32. The number of methoxy groups -OCH3 is 2. The van der Waals surface area contributed by atoms with Crippen LogP contribution in [0, 0.1) is 0 Å². The molecular weight excluding hydrogens is 444 g/mol. The van der Waals surface area contributed by atoms with Crippen LogP contribution in [0.15, 0.2) is 91.0 Å². The van der Waals surface area contributed by atoms with E-state index >= 15 is 0 Å². The van der Waals surface area contributed by atoms with Gasteiger partial charge in [-0.15, -0.1) is 0 Å². The first-order chi connectivity index (χ1) is 17.3. The minimum absolute atomic E-state index is 0.346. The average molecular weight is 479 g/mol. The van der Waals surface area contributed by atoms with E-state index < -0.39 is 18.5 Å². The highest BCUT2D eigenvalue weighted by atomic mass is 16.7. The van der Waals surface area contributed by atoms with Gasteiger partial charge in [0.05, 0.1) is 26.4 Å². The maximum absolute atomic E-state index is 6.43. The Morgan fingerprint density at radius 2 is 1.09 bits per heavy atom. The third kappa shape index (κ3) is 7.21. The van der Waals surface area contributed by atoms with E-state index in [1.54, 1.807) is 14.2 Å². The van der Waals surface area contributed by atoms with Crippen LogP contribution < -0.4 is 0 Å². The van der Waals surface area contributed by atoms with Crippen molar-refractivity contribution in [3.05, 3.63) is 108 Å². The Morgan fingerprint density at radius 1 is 0.629 bits per heavy atom. The largest absolute Gasteiger partial charge is 0.374 e. The molecule has 3 aromatic carbocycles. The van der Waals surface area contributed by atoms with Crippen molar-refractivity contribution in [2.75, 3.05) is 20.8 Å². The highest BCUT2D eigenvalue weighted by molar-refractivity contribution is 5.15. The lowest BCUT2D eigenvalue weighted by Crippen LogP contribution is -2.43. The van der Waals surface area contributed by atoms with Crippen molar-refractivity contribution in [2.45, 2.75) is 50.5 Å². The van der Waals surface area contributed by atoms with Gasteiger partial charge in [0.1, 0.15) is 24.4 Å². The second kappa shape index (κ2) is 13.5. The van der Waals surface area contributed by atoms with Gasteiger partial charge in [0.25, 0.3) is 0 Å². The van der Waals surface area contributed by atoms with Gasteiger partial charge in [-0.2, -0.15) is 0 Å². The van der Waals surface area contributed by atoms with E-state index in [1.165, 1.54) is 0 Å². The van der Waals surface area contributed by atoms with Crippen LogP contribution in [0.3, 0.4) is 0 Å². The molecule has 4 atom stereocenters. The Hall–Kier alpha value is -2.58. The zero-order chi connectivity index (χ0) is 24.3. The Bertz CT molecular complexity index is 964. The molecule has 1 fully saturated rings. The van der Waals surface area contributed by atoms with Crippen LogP contribution >= 0.6 is 0 Å². The fourth-order valence-corrected chi connectivity index (χ4v) is 4.27. The summed E-state index contributed by atoms with van der Waals surface area (Å²) >= 11 is 0. The SMILES string of the molecule is COC(OC)C1O[C@H](COCc2ccccc2)[C@@H](OCc2ccccc2)[C@H]1OCc1ccccc1. The summed E-state index contributed by atoms with van der Waals surface area (Å²) in [4.78, 5) is 0. The third-order valence-corrected chi connectivity index (χ3v) is 6.04. The van der Waals surface area contributed by atoms with Crippen molar-refractivity contribution in [3.8, 4) is 0 Å². The van der Waals surface area contributed by atoms with Gasteiger partial charge in [0.15, 0.2) is 6.29 Å². The summed E-state index contributed by atoms with van der Waals surface area (Å²) in [5.74, 6) is 0. The first-order valence-corrected chi connectivity index (χ1v) is 11.9. The van der Waals surface area contributed by atoms with Crippen molar-refractivity contribution in [1.29, 1.82) is 0 Å². The van der Waals surface area contributed by atoms with Crippen molar-refractivity contribution in [1.82, 2.24) is 0 Å². The zero-order valence-electron chi connectivity index (χ0n) is 20.3. The Kier molecular flexibility index (Phi) is 9.84. The maximum Gasteiger partial charge on any atom is 0.185 e. The number of rotatable bonds is 13. The molecular formula is C29H34O6. The molecule has 1 aliphatic heterocycles. The van der Waals surface area contributed by atoms with Gasteiger partial charge in [-0.25, -0.2) is 0 Å². The van der Waals surface area contributed by atoms with Crippen LogP contribution in [0.25, 0.3) is 0 Å². The van der Waals surface area contributed by atoms with E-state index in [4.69, 9.17) is 28.4 Å². The van der Waals surface area contributed by atoms with Crippen LogP contribution in [0.5, 0.6) is 0 Å². The van der Waals surface area contributed by atoms with E-state index in [1.807, 2.05) is 91.0 Å². The molecule has 6 heteroatoms. The summed E-state index contributed by atoms with van der Waals surface area (Å²) in [6.07, 6.45) is -2.19. The van der Waals surface area contributed by atoms with Crippen LogP contribution in [0.2, 0.25) is 0 Å². The molecule has 0 aromatic heterocycles.